The molecule has 1 aliphatic heterocycles. The van der Waals surface area contributed by atoms with Crippen LogP contribution in [0.15, 0.2) is 65.6 Å². The first-order chi connectivity index (χ1) is 10.4. The number of benzene rings is 2. The van der Waals surface area contributed by atoms with Gasteiger partial charge in [0.05, 0.1) is 14.5 Å². The molecule has 22 heavy (non-hydrogen) atoms. The van der Waals surface area contributed by atoms with Crippen LogP contribution in [-0.4, -0.2) is 4.93 Å². The molecule has 1 heterocycles. The Hall–Kier alpha value is -1.34. The highest BCUT2D eigenvalue weighted by atomic mass is 35.7. The molecule has 1 atom stereocenters. The summed E-state index contributed by atoms with van der Waals surface area (Å²) in [6.45, 7) is 1.57. The third-order valence-corrected chi connectivity index (χ3v) is 5.01. The van der Waals surface area contributed by atoms with Gasteiger partial charge in [0, 0.05) is 4.90 Å². The molecule has 6 heteroatoms. The van der Waals surface area contributed by atoms with Gasteiger partial charge in [-0.2, -0.15) is 14.0 Å². The van der Waals surface area contributed by atoms with Crippen LogP contribution in [0.5, 0.6) is 0 Å². The van der Waals surface area contributed by atoms with Crippen LogP contribution >= 0.6 is 11.8 Å². The molecule has 0 N–H and O–H groups in total. The van der Waals surface area contributed by atoms with Crippen LogP contribution in [-0.2, 0) is 4.29 Å². The highest BCUT2D eigenvalue weighted by molar-refractivity contribution is 8.00. The highest BCUT2D eigenvalue weighted by Gasteiger charge is 2.44. The molecule has 0 spiro atoms. The van der Waals surface area contributed by atoms with Crippen molar-refractivity contribution in [2.24, 2.45) is 0 Å². The molecule has 4 nitrogen and oxygen atoms in total. The zero-order chi connectivity index (χ0) is 15.8. The van der Waals surface area contributed by atoms with E-state index in [4.69, 9.17) is 4.29 Å². The number of thioether (sulfide) groups is 1. The number of halogens is 1. The lowest BCUT2D eigenvalue weighted by atomic mass is 9.96. The molecule has 1 unspecified atom stereocenters. The molecule has 1 aliphatic rings. The van der Waals surface area contributed by atoms with Crippen molar-refractivity contribution in [3.63, 3.8) is 0 Å². The molecular formula is C16H13ClO4S. The first-order valence-corrected chi connectivity index (χ1v) is 8.60. The van der Waals surface area contributed by atoms with Crippen molar-refractivity contribution in [3.8, 4) is 0 Å². The van der Waals surface area contributed by atoms with Crippen LogP contribution in [0.1, 0.15) is 18.1 Å². The topological polar surface area (TPSA) is 78.4 Å². The average Bonchev–Trinajstić information content (AvgIpc) is 2.45. The third kappa shape index (κ3) is 3.35. The molecule has 2 aromatic carbocycles. The van der Waals surface area contributed by atoms with Crippen LogP contribution < -0.4 is 14.0 Å². The SMILES string of the molecule is CC1(O[Cl+3]([O-])([O-])[O-])C=C(c2ccccc2)c2ccccc2S1. The molecule has 2 aromatic rings. The lowest BCUT2D eigenvalue weighted by Crippen LogP contribution is -2.63. The summed E-state index contributed by atoms with van der Waals surface area (Å²) >= 11 is 1.20. The van der Waals surface area contributed by atoms with Gasteiger partial charge in [0.25, 0.3) is 4.93 Å². The van der Waals surface area contributed by atoms with Gasteiger partial charge in [0.1, 0.15) is 0 Å². The average molecular weight is 337 g/mol. The van der Waals surface area contributed by atoms with Crippen molar-refractivity contribution in [1.29, 1.82) is 0 Å². The van der Waals surface area contributed by atoms with Crippen molar-refractivity contribution in [2.75, 3.05) is 0 Å². The summed E-state index contributed by atoms with van der Waals surface area (Å²) in [5, 5.41) is 0. The Morgan fingerprint density at radius 3 is 2.27 bits per heavy atom. The second-order valence-electron chi connectivity index (χ2n) is 4.99. The second-order valence-corrected chi connectivity index (χ2v) is 7.36. The Morgan fingerprint density at radius 2 is 1.59 bits per heavy atom. The van der Waals surface area contributed by atoms with Crippen LogP contribution in [0.2, 0.25) is 0 Å². The fraction of sp³-hybridized carbons (Fsp3) is 0.125. The summed E-state index contributed by atoms with van der Waals surface area (Å²) in [4.78, 5) is -0.410. The molecular weight excluding hydrogens is 324 g/mol. The monoisotopic (exact) mass is 336 g/mol. The first-order valence-electron chi connectivity index (χ1n) is 6.54. The number of hydrogen-bond donors (Lipinski definition) is 0. The summed E-state index contributed by atoms with van der Waals surface area (Å²) < 4.78 is 37.8. The normalized spacial score (nSPS) is 21.2. The van der Waals surface area contributed by atoms with Gasteiger partial charge in [-0.25, -0.2) is 0 Å². The molecule has 0 amide bonds. The zero-order valence-electron chi connectivity index (χ0n) is 11.7. The standard InChI is InChI=1S/C16H13ClO4S/c1-16(21-17(18,19)20)11-14(12-7-3-2-4-8-12)13-9-5-6-10-15(13)22-16/h2-11H,1H3. The third-order valence-electron chi connectivity index (χ3n) is 3.23. The Labute approximate surface area is 134 Å². The molecule has 0 saturated heterocycles. The minimum Gasteiger partial charge on any atom is -0.183 e. The molecule has 0 saturated carbocycles. The molecule has 0 fully saturated rings. The van der Waals surface area contributed by atoms with E-state index in [1.165, 1.54) is 11.8 Å². The van der Waals surface area contributed by atoms with Gasteiger partial charge in [-0.05, 0) is 35.8 Å². The van der Waals surface area contributed by atoms with Crippen molar-refractivity contribution in [1.82, 2.24) is 0 Å². The van der Waals surface area contributed by atoms with E-state index in [0.717, 1.165) is 21.6 Å². The first kappa shape index (κ1) is 15.6. The molecule has 0 aliphatic carbocycles. The van der Waals surface area contributed by atoms with E-state index < -0.39 is 15.2 Å². The largest absolute Gasteiger partial charge is 0.289 e. The number of fused-ring (bicyclic) bond motifs is 1. The van der Waals surface area contributed by atoms with Crippen molar-refractivity contribution >= 4 is 17.3 Å². The summed E-state index contributed by atoms with van der Waals surface area (Å²) in [7, 11) is -4.52. The molecule has 0 radical (unpaired) electrons. The lowest BCUT2D eigenvalue weighted by Gasteiger charge is -2.29. The van der Waals surface area contributed by atoms with Gasteiger partial charge in [-0.3, -0.25) is 0 Å². The van der Waals surface area contributed by atoms with E-state index >= 15 is 0 Å². The summed E-state index contributed by atoms with van der Waals surface area (Å²) in [6, 6.07) is 17.2. The van der Waals surface area contributed by atoms with Crippen molar-refractivity contribution < 1.29 is 28.5 Å². The van der Waals surface area contributed by atoms with Crippen LogP contribution in [0, 0.1) is 10.2 Å². The van der Waals surface area contributed by atoms with E-state index in [9.17, 15) is 14.0 Å². The van der Waals surface area contributed by atoms with Crippen molar-refractivity contribution in [3.05, 3.63) is 71.8 Å². The predicted octanol–water partition coefficient (Wildman–Crippen LogP) is 0.854. The molecule has 3 rings (SSSR count). The minimum absolute atomic E-state index is 0.844. The van der Waals surface area contributed by atoms with Gasteiger partial charge >= 0.3 is 0 Å². The van der Waals surface area contributed by atoms with Gasteiger partial charge < -0.3 is 0 Å². The van der Waals surface area contributed by atoms with E-state index in [2.05, 4.69) is 0 Å². The van der Waals surface area contributed by atoms with Crippen LogP contribution in [0.4, 0.5) is 0 Å². The number of rotatable bonds is 3. The Balaban J connectivity index is 2.12. The van der Waals surface area contributed by atoms with E-state index in [1.807, 2.05) is 54.6 Å². The van der Waals surface area contributed by atoms with Crippen LogP contribution in [0.3, 0.4) is 0 Å². The van der Waals surface area contributed by atoms with E-state index in [0.29, 0.717) is 0 Å². The van der Waals surface area contributed by atoms with E-state index in [-0.39, 0.29) is 0 Å². The van der Waals surface area contributed by atoms with Gasteiger partial charge in [-0.1, -0.05) is 60.3 Å². The van der Waals surface area contributed by atoms with Crippen molar-refractivity contribution in [2.45, 2.75) is 16.8 Å². The van der Waals surface area contributed by atoms with Gasteiger partial charge in [0.2, 0.25) is 0 Å². The van der Waals surface area contributed by atoms with Gasteiger partial charge in [-0.15, -0.1) is 0 Å². The maximum atomic E-state index is 11.0. The number of hydrogen-bond acceptors (Lipinski definition) is 5. The lowest BCUT2D eigenvalue weighted by molar-refractivity contribution is -1.92. The predicted molar refractivity (Wildman–Crippen MR) is 75.3 cm³/mol. The zero-order valence-corrected chi connectivity index (χ0v) is 13.3. The highest BCUT2D eigenvalue weighted by Crippen LogP contribution is 2.47. The van der Waals surface area contributed by atoms with E-state index in [1.54, 1.807) is 13.0 Å². The maximum absolute atomic E-state index is 11.0. The Bertz CT molecular complexity index is 712. The molecule has 114 valence electrons. The maximum Gasteiger partial charge on any atom is 0.289 e. The van der Waals surface area contributed by atoms with Gasteiger partial charge in [0.15, 0.2) is 0 Å². The summed E-state index contributed by atoms with van der Waals surface area (Å²) in [5.74, 6) is 0. The molecule has 0 aromatic heterocycles. The summed E-state index contributed by atoms with van der Waals surface area (Å²) in [5.41, 5.74) is 2.76. The van der Waals surface area contributed by atoms with Crippen LogP contribution in [0.25, 0.3) is 5.57 Å². The summed E-state index contributed by atoms with van der Waals surface area (Å²) in [6.07, 6.45) is 1.68. The molecule has 0 bridgehead atoms. The fourth-order valence-electron chi connectivity index (χ4n) is 2.45. The quantitative estimate of drug-likeness (QED) is 0.830. The Morgan fingerprint density at radius 1 is 0.955 bits per heavy atom. The second kappa shape index (κ2) is 5.70. The smallest absolute Gasteiger partial charge is 0.183 e. The fourth-order valence-corrected chi connectivity index (χ4v) is 4.27. The Kier molecular flexibility index (Phi) is 4.03. The minimum atomic E-state index is -4.52.